The molecule has 2 heterocycles. The highest BCUT2D eigenvalue weighted by molar-refractivity contribution is 7.18. The molecule has 2 rings (SSSR count). The first kappa shape index (κ1) is 13.8. The zero-order chi connectivity index (χ0) is 14.0. The molecule has 2 aromatic rings. The molecule has 0 aromatic carbocycles. The molecule has 5 nitrogen and oxygen atoms in total. The van der Waals surface area contributed by atoms with Crippen molar-refractivity contribution < 1.29 is 17.9 Å². The first-order chi connectivity index (χ1) is 8.89. The molecule has 0 aliphatic heterocycles. The maximum Gasteiger partial charge on any atom is 0.392 e. The second-order valence-electron chi connectivity index (χ2n) is 3.79. The summed E-state index contributed by atoms with van der Waals surface area (Å²) in [5, 5.41) is 0.587. The lowest BCUT2D eigenvalue weighted by Gasteiger charge is -2.09. The summed E-state index contributed by atoms with van der Waals surface area (Å²) in [4.78, 5) is 9.59. The Morgan fingerprint density at radius 3 is 2.79 bits per heavy atom. The molecule has 0 aliphatic rings. The number of anilines is 1. The summed E-state index contributed by atoms with van der Waals surface area (Å²) in [6.45, 7) is 1.37. The van der Waals surface area contributed by atoms with Crippen LogP contribution in [0.3, 0.4) is 0 Å². The van der Waals surface area contributed by atoms with Gasteiger partial charge in [-0.25, -0.2) is 10.8 Å². The number of hydrazine groups is 1. The zero-order valence-electron chi connectivity index (χ0n) is 9.91. The van der Waals surface area contributed by atoms with Crippen molar-refractivity contribution in [1.82, 2.24) is 9.97 Å². The second kappa shape index (κ2) is 5.17. The average molecular weight is 292 g/mol. The summed E-state index contributed by atoms with van der Waals surface area (Å²) >= 11 is 1.39. The molecule has 0 atom stereocenters. The van der Waals surface area contributed by atoms with Crippen LogP contribution in [0.25, 0.3) is 10.2 Å². The number of alkyl halides is 3. The number of ether oxygens (including phenoxy) is 1. The minimum Gasteiger partial charge on any atom is -0.477 e. The largest absolute Gasteiger partial charge is 0.477 e. The third kappa shape index (κ3) is 3.44. The van der Waals surface area contributed by atoms with Crippen LogP contribution in [0.1, 0.15) is 11.3 Å². The van der Waals surface area contributed by atoms with Crippen LogP contribution < -0.4 is 16.0 Å². The van der Waals surface area contributed by atoms with Gasteiger partial charge in [0.1, 0.15) is 4.83 Å². The molecular formula is C10H11F3N4OS. The molecule has 0 bridgehead atoms. The van der Waals surface area contributed by atoms with Crippen LogP contribution >= 0.6 is 11.3 Å². The maximum absolute atomic E-state index is 12.1. The van der Waals surface area contributed by atoms with E-state index in [2.05, 4.69) is 15.4 Å². The van der Waals surface area contributed by atoms with E-state index in [1.807, 2.05) is 6.92 Å². The summed E-state index contributed by atoms with van der Waals surface area (Å²) in [5.74, 6) is 5.42. The van der Waals surface area contributed by atoms with E-state index in [1.54, 1.807) is 6.07 Å². The van der Waals surface area contributed by atoms with Crippen molar-refractivity contribution in [3.05, 3.63) is 10.9 Å². The maximum atomic E-state index is 12.1. The number of hydrogen-bond acceptors (Lipinski definition) is 6. The van der Waals surface area contributed by atoms with E-state index in [-0.39, 0.29) is 11.8 Å². The Kier molecular flexibility index (Phi) is 3.76. The van der Waals surface area contributed by atoms with Crippen molar-refractivity contribution in [2.24, 2.45) is 5.84 Å². The molecule has 9 heteroatoms. The van der Waals surface area contributed by atoms with Gasteiger partial charge in [-0.1, -0.05) is 0 Å². The Morgan fingerprint density at radius 1 is 1.42 bits per heavy atom. The predicted molar refractivity (Wildman–Crippen MR) is 66.1 cm³/mol. The van der Waals surface area contributed by atoms with Gasteiger partial charge in [0.05, 0.1) is 18.4 Å². The van der Waals surface area contributed by atoms with Gasteiger partial charge in [0.15, 0.2) is 0 Å². The van der Waals surface area contributed by atoms with Gasteiger partial charge in [-0.05, 0) is 13.0 Å². The standard InChI is InChI=1S/C10H11F3N4OS/c1-5-4-6-7(18-3-2-10(11,12)13)15-9(17-14)16-8(6)19-5/h4H,2-3,14H2,1H3,(H,15,16,17). The van der Waals surface area contributed by atoms with Crippen LogP contribution in [0.2, 0.25) is 0 Å². The monoisotopic (exact) mass is 292 g/mol. The number of fused-ring (bicyclic) bond motifs is 1. The van der Waals surface area contributed by atoms with Crippen molar-refractivity contribution in [3.8, 4) is 5.88 Å². The third-order valence-corrected chi connectivity index (χ3v) is 3.18. The van der Waals surface area contributed by atoms with Gasteiger partial charge in [0, 0.05) is 4.88 Å². The summed E-state index contributed by atoms with van der Waals surface area (Å²) in [6, 6.07) is 1.77. The summed E-state index contributed by atoms with van der Waals surface area (Å²) in [5.41, 5.74) is 2.26. The summed E-state index contributed by atoms with van der Waals surface area (Å²) < 4.78 is 41.3. The number of nitrogen functional groups attached to an aromatic ring is 1. The van der Waals surface area contributed by atoms with E-state index in [9.17, 15) is 13.2 Å². The topological polar surface area (TPSA) is 73.1 Å². The van der Waals surface area contributed by atoms with Gasteiger partial charge in [-0.3, -0.25) is 5.43 Å². The lowest BCUT2D eigenvalue weighted by atomic mass is 10.3. The van der Waals surface area contributed by atoms with Gasteiger partial charge in [-0.2, -0.15) is 18.2 Å². The van der Waals surface area contributed by atoms with Crippen molar-refractivity contribution in [2.75, 3.05) is 12.0 Å². The smallest absolute Gasteiger partial charge is 0.392 e. The molecule has 0 radical (unpaired) electrons. The van der Waals surface area contributed by atoms with Crippen LogP contribution in [-0.4, -0.2) is 22.8 Å². The number of aryl methyl sites for hydroxylation is 1. The number of nitrogens with two attached hydrogens (primary N) is 1. The van der Waals surface area contributed by atoms with E-state index in [4.69, 9.17) is 10.6 Å². The van der Waals surface area contributed by atoms with Gasteiger partial charge in [0.2, 0.25) is 11.8 Å². The molecule has 19 heavy (non-hydrogen) atoms. The van der Waals surface area contributed by atoms with E-state index in [0.717, 1.165) is 4.88 Å². The molecule has 0 spiro atoms. The van der Waals surface area contributed by atoms with E-state index < -0.39 is 19.2 Å². The number of halogens is 3. The van der Waals surface area contributed by atoms with Gasteiger partial charge in [-0.15, -0.1) is 11.3 Å². The Morgan fingerprint density at radius 2 is 2.16 bits per heavy atom. The predicted octanol–water partition coefficient (Wildman–Crippen LogP) is 2.62. The highest BCUT2D eigenvalue weighted by atomic mass is 32.1. The zero-order valence-corrected chi connectivity index (χ0v) is 10.7. The molecular weight excluding hydrogens is 281 g/mol. The first-order valence-corrected chi connectivity index (χ1v) is 6.15. The molecule has 0 fully saturated rings. The Balaban J connectivity index is 2.25. The number of aromatic nitrogens is 2. The van der Waals surface area contributed by atoms with E-state index >= 15 is 0 Å². The number of rotatable bonds is 4. The van der Waals surface area contributed by atoms with E-state index in [0.29, 0.717) is 10.2 Å². The third-order valence-electron chi connectivity index (χ3n) is 2.23. The molecule has 0 saturated heterocycles. The van der Waals surface area contributed by atoms with Crippen LogP contribution in [0.5, 0.6) is 5.88 Å². The van der Waals surface area contributed by atoms with Gasteiger partial charge < -0.3 is 4.74 Å². The summed E-state index contributed by atoms with van der Waals surface area (Å²) in [6.07, 6.45) is -5.29. The number of thiophene rings is 1. The second-order valence-corrected chi connectivity index (χ2v) is 5.02. The Labute approximate surface area is 110 Å². The molecule has 0 aliphatic carbocycles. The number of nitrogens with one attached hydrogen (secondary N) is 1. The molecule has 0 unspecified atom stereocenters. The normalized spacial score (nSPS) is 11.8. The van der Waals surface area contributed by atoms with Crippen LogP contribution in [-0.2, 0) is 0 Å². The lowest BCUT2D eigenvalue weighted by Crippen LogP contribution is -2.15. The Bertz CT molecular complexity index is 584. The fourth-order valence-electron chi connectivity index (χ4n) is 1.45. The highest BCUT2D eigenvalue weighted by Gasteiger charge is 2.27. The fraction of sp³-hybridized carbons (Fsp3) is 0.400. The number of nitrogens with zero attached hydrogens (tertiary/aromatic N) is 2. The van der Waals surface area contributed by atoms with Crippen LogP contribution in [0.15, 0.2) is 6.07 Å². The fourth-order valence-corrected chi connectivity index (χ4v) is 2.32. The summed E-state index contributed by atoms with van der Waals surface area (Å²) in [7, 11) is 0. The average Bonchev–Trinajstić information content (AvgIpc) is 2.67. The Hall–Kier alpha value is -1.61. The van der Waals surface area contributed by atoms with Crippen molar-refractivity contribution >= 4 is 27.5 Å². The van der Waals surface area contributed by atoms with Crippen LogP contribution in [0.4, 0.5) is 19.1 Å². The first-order valence-electron chi connectivity index (χ1n) is 5.33. The molecule has 104 valence electrons. The van der Waals surface area contributed by atoms with Crippen molar-refractivity contribution in [3.63, 3.8) is 0 Å². The SMILES string of the molecule is Cc1cc2c(OCCC(F)(F)F)nc(NN)nc2s1. The van der Waals surface area contributed by atoms with Gasteiger partial charge >= 0.3 is 6.18 Å². The van der Waals surface area contributed by atoms with Crippen molar-refractivity contribution in [1.29, 1.82) is 0 Å². The van der Waals surface area contributed by atoms with Gasteiger partial charge in [0.25, 0.3) is 0 Å². The molecule has 2 aromatic heterocycles. The molecule has 3 N–H and O–H groups in total. The molecule has 0 amide bonds. The quantitative estimate of drug-likeness (QED) is 0.669. The minimum atomic E-state index is -4.26. The lowest BCUT2D eigenvalue weighted by molar-refractivity contribution is -0.139. The molecule has 0 saturated carbocycles. The minimum absolute atomic E-state index is 0.103. The van der Waals surface area contributed by atoms with Crippen LogP contribution in [0, 0.1) is 6.92 Å². The highest BCUT2D eigenvalue weighted by Crippen LogP contribution is 2.31. The van der Waals surface area contributed by atoms with E-state index in [1.165, 1.54) is 11.3 Å². The number of hydrogen-bond donors (Lipinski definition) is 2. The van der Waals surface area contributed by atoms with Crippen molar-refractivity contribution in [2.45, 2.75) is 19.5 Å².